The molecule has 1 saturated heterocycles. The van der Waals surface area contributed by atoms with Crippen LogP contribution in [0.3, 0.4) is 0 Å². The number of nitrogens with one attached hydrogen (secondary N) is 2. The topological polar surface area (TPSA) is 73.4 Å². The van der Waals surface area contributed by atoms with E-state index < -0.39 is 0 Å². The van der Waals surface area contributed by atoms with Gasteiger partial charge in [0, 0.05) is 62.9 Å². The lowest BCUT2D eigenvalue weighted by molar-refractivity contribution is 0.240. The lowest BCUT2D eigenvalue weighted by Gasteiger charge is -2.34. The molecule has 2 aromatic carbocycles. The third-order valence-corrected chi connectivity index (χ3v) is 6.50. The van der Waals surface area contributed by atoms with Crippen LogP contribution in [-0.2, 0) is 12.8 Å². The van der Waals surface area contributed by atoms with Crippen molar-refractivity contribution in [3.63, 3.8) is 0 Å². The zero-order valence-corrected chi connectivity index (χ0v) is 19.6. The second-order valence-corrected chi connectivity index (χ2v) is 8.79. The number of aryl methyl sites for hydroxylation is 1. The largest absolute Gasteiger partial charge is 0.344 e. The monoisotopic (exact) mass is 468 g/mol. The van der Waals surface area contributed by atoms with E-state index >= 15 is 0 Å². The minimum absolute atomic E-state index is 0.176. The summed E-state index contributed by atoms with van der Waals surface area (Å²) in [5.41, 5.74) is 3.01. The van der Waals surface area contributed by atoms with Crippen LogP contribution in [0.5, 0.6) is 0 Å². The van der Waals surface area contributed by atoms with E-state index in [4.69, 9.17) is 0 Å². The van der Waals surface area contributed by atoms with Gasteiger partial charge in [0.1, 0.15) is 11.6 Å². The average Bonchev–Trinajstić information content (AvgIpc) is 3.29. The molecule has 0 saturated carbocycles. The van der Waals surface area contributed by atoms with E-state index in [1.54, 1.807) is 12.1 Å². The highest BCUT2D eigenvalue weighted by Crippen LogP contribution is 2.20. The molecule has 0 aliphatic carbocycles. The molecule has 9 heteroatoms. The summed E-state index contributed by atoms with van der Waals surface area (Å²) in [4.78, 5) is 21.4. The molecule has 1 aliphatic rings. The number of anilines is 2. The molecule has 0 radical (unpaired) electrons. The van der Waals surface area contributed by atoms with Gasteiger partial charge in [-0.2, -0.15) is 4.37 Å². The summed E-state index contributed by atoms with van der Waals surface area (Å²) < 4.78 is 17.5. The average molecular weight is 469 g/mol. The van der Waals surface area contributed by atoms with Crippen molar-refractivity contribution in [2.24, 2.45) is 0 Å². The smallest absolute Gasteiger partial charge is 0.319 e. The third-order valence-electron chi connectivity index (χ3n) is 5.68. The van der Waals surface area contributed by atoms with Crippen molar-refractivity contribution in [2.45, 2.75) is 19.8 Å². The van der Waals surface area contributed by atoms with Crippen molar-refractivity contribution < 1.29 is 9.18 Å². The van der Waals surface area contributed by atoms with Crippen molar-refractivity contribution in [3.8, 4) is 0 Å². The Balaban J connectivity index is 1.17. The molecule has 0 spiro atoms. The van der Waals surface area contributed by atoms with Gasteiger partial charge in [0.05, 0.1) is 0 Å². The summed E-state index contributed by atoms with van der Waals surface area (Å²) in [5.74, 6) is 0.532. The minimum Gasteiger partial charge on any atom is -0.344 e. The third kappa shape index (κ3) is 6.72. The zero-order valence-electron chi connectivity index (χ0n) is 18.8. The van der Waals surface area contributed by atoms with Crippen LogP contribution in [0.25, 0.3) is 0 Å². The van der Waals surface area contributed by atoms with Gasteiger partial charge in [-0.25, -0.2) is 14.2 Å². The van der Waals surface area contributed by atoms with Crippen LogP contribution in [-0.4, -0.2) is 59.6 Å². The van der Waals surface area contributed by atoms with Gasteiger partial charge in [0.25, 0.3) is 0 Å². The van der Waals surface area contributed by atoms with E-state index in [0.717, 1.165) is 61.4 Å². The van der Waals surface area contributed by atoms with Crippen molar-refractivity contribution in [3.05, 3.63) is 71.3 Å². The number of piperazine rings is 1. The van der Waals surface area contributed by atoms with Gasteiger partial charge >= 0.3 is 6.03 Å². The van der Waals surface area contributed by atoms with E-state index in [1.807, 2.05) is 18.2 Å². The van der Waals surface area contributed by atoms with Crippen molar-refractivity contribution >= 4 is 28.4 Å². The van der Waals surface area contributed by atoms with E-state index in [-0.39, 0.29) is 11.8 Å². The number of benzene rings is 2. The fraction of sp³-hybridized carbons (Fsp3) is 0.375. The molecule has 2 N–H and O–H groups in total. The Morgan fingerprint density at radius 2 is 1.88 bits per heavy atom. The summed E-state index contributed by atoms with van der Waals surface area (Å²) >= 11 is 1.41. The molecule has 1 fully saturated rings. The maximum Gasteiger partial charge on any atom is 0.319 e. The number of carbonyl (C=O) groups is 1. The molecule has 0 unspecified atom stereocenters. The fourth-order valence-electron chi connectivity index (χ4n) is 3.76. The molecule has 1 aliphatic heterocycles. The van der Waals surface area contributed by atoms with Gasteiger partial charge in [-0.05, 0) is 41.8 Å². The van der Waals surface area contributed by atoms with Gasteiger partial charge in [-0.3, -0.25) is 4.90 Å². The van der Waals surface area contributed by atoms with Crippen LogP contribution in [0.1, 0.15) is 23.9 Å². The molecule has 174 valence electrons. The highest BCUT2D eigenvalue weighted by molar-refractivity contribution is 7.09. The number of urea groups is 1. The van der Waals surface area contributed by atoms with E-state index in [0.29, 0.717) is 13.0 Å². The first-order valence-electron chi connectivity index (χ1n) is 11.3. The zero-order chi connectivity index (χ0) is 23.0. The Kier molecular flexibility index (Phi) is 7.85. The maximum absolute atomic E-state index is 13.1. The van der Waals surface area contributed by atoms with E-state index in [1.165, 1.54) is 29.2 Å². The number of aromatic nitrogens is 2. The van der Waals surface area contributed by atoms with E-state index in [9.17, 15) is 9.18 Å². The second kappa shape index (κ2) is 11.2. The molecule has 4 rings (SSSR count). The quantitative estimate of drug-likeness (QED) is 0.527. The predicted octanol–water partition coefficient (Wildman–Crippen LogP) is 3.77. The molecule has 0 bridgehead atoms. The summed E-state index contributed by atoms with van der Waals surface area (Å²) in [7, 11) is 0. The number of halogens is 1. The number of nitrogens with zero attached hydrogens (tertiary/aromatic N) is 4. The predicted molar refractivity (Wildman–Crippen MR) is 131 cm³/mol. The Bertz CT molecular complexity index is 1050. The van der Waals surface area contributed by atoms with Gasteiger partial charge in [-0.15, -0.1) is 0 Å². The lowest BCUT2D eigenvalue weighted by Crippen LogP contribution is -2.48. The molecule has 0 atom stereocenters. The SMILES string of the molecule is CCc1cccc(NC(=O)NCCN2CCN(c3nc(Cc4ccc(F)cc4)ns3)CC2)c1. The first-order chi connectivity index (χ1) is 16.1. The highest BCUT2D eigenvalue weighted by atomic mass is 32.1. The van der Waals surface area contributed by atoms with Crippen molar-refractivity contribution in [1.29, 1.82) is 0 Å². The summed E-state index contributed by atoms with van der Waals surface area (Å²) in [6.45, 7) is 7.07. The van der Waals surface area contributed by atoms with Crippen LogP contribution < -0.4 is 15.5 Å². The van der Waals surface area contributed by atoms with Crippen LogP contribution in [0, 0.1) is 5.82 Å². The molecule has 33 heavy (non-hydrogen) atoms. The molecule has 3 aromatic rings. The van der Waals surface area contributed by atoms with Crippen LogP contribution in [0.15, 0.2) is 48.5 Å². The number of carbonyl (C=O) groups excluding carboxylic acids is 1. The van der Waals surface area contributed by atoms with Gasteiger partial charge < -0.3 is 15.5 Å². The van der Waals surface area contributed by atoms with Crippen LogP contribution in [0.4, 0.5) is 20.0 Å². The maximum atomic E-state index is 13.1. The molecule has 1 aromatic heterocycles. The molecule has 2 heterocycles. The van der Waals surface area contributed by atoms with Gasteiger partial charge in [0.15, 0.2) is 0 Å². The number of rotatable bonds is 8. The minimum atomic E-state index is -0.235. The fourth-order valence-corrected chi connectivity index (χ4v) is 4.50. The highest BCUT2D eigenvalue weighted by Gasteiger charge is 2.20. The summed E-state index contributed by atoms with van der Waals surface area (Å²) in [5, 5.41) is 6.77. The van der Waals surface area contributed by atoms with Crippen molar-refractivity contribution in [2.75, 3.05) is 49.5 Å². The first kappa shape index (κ1) is 23.1. The molecule has 2 amide bonds. The number of hydrogen-bond acceptors (Lipinski definition) is 6. The Labute approximate surface area is 197 Å². The summed E-state index contributed by atoms with van der Waals surface area (Å²) in [6.07, 6.45) is 1.54. The molecule has 7 nitrogen and oxygen atoms in total. The van der Waals surface area contributed by atoms with Gasteiger partial charge in [-0.1, -0.05) is 31.2 Å². The number of hydrogen-bond donors (Lipinski definition) is 2. The molecular formula is C24H29FN6OS. The lowest BCUT2D eigenvalue weighted by atomic mass is 10.1. The summed E-state index contributed by atoms with van der Waals surface area (Å²) in [6, 6.07) is 14.2. The Hall–Kier alpha value is -3.04. The van der Waals surface area contributed by atoms with Crippen LogP contribution in [0.2, 0.25) is 0 Å². The van der Waals surface area contributed by atoms with Crippen molar-refractivity contribution in [1.82, 2.24) is 19.6 Å². The second-order valence-electron chi connectivity index (χ2n) is 8.06. The van der Waals surface area contributed by atoms with Gasteiger partial charge in [0.2, 0.25) is 5.13 Å². The molecular weight excluding hydrogens is 439 g/mol. The first-order valence-corrected chi connectivity index (χ1v) is 12.0. The standard InChI is InChI=1S/C24H29FN6OS/c1-2-18-4-3-5-21(16-18)27-23(32)26-10-11-30-12-14-31(15-13-30)24-28-22(29-33-24)17-19-6-8-20(25)9-7-19/h3-9,16H,2,10-15,17H2,1H3,(H2,26,27,32). The Morgan fingerprint density at radius 3 is 2.64 bits per heavy atom. The van der Waals surface area contributed by atoms with Crippen LogP contribution >= 0.6 is 11.5 Å². The number of amides is 2. The Morgan fingerprint density at radius 1 is 1.09 bits per heavy atom. The normalized spacial score (nSPS) is 14.3. The van der Waals surface area contributed by atoms with E-state index in [2.05, 4.69) is 42.8 Å².